The highest BCUT2D eigenvalue weighted by Gasteiger charge is 2.12. The number of carbonyl (C=O) groups is 1. The number of nitrogens with zero attached hydrogens (tertiary/aromatic N) is 1. The zero-order chi connectivity index (χ0) is 20.7. The topological polar surface area (TPSA) is 72.2 Å². The number of rotatable bonds is 3. The zero-order valence-corrected chi connectivity index (χ0v) is 16.2. The van der Waals surface area contributed by atoms with Crippen molar-refractivity contribution in [1.82, 2.24) is 4.98 Å². The normalized spacial score (nSPS) is 11.1. The Balaban J connectivity index is 1.41. The van der Waals surface area contributed by atoms with Crippen LogP contribution in [0.4, 0.5) is 9.52 Å². The summed E-state index contributed by atoms with van der Waals surface area (Å²) < 4.78 is 19.4. The average Bonchev–Trinajstić information content (AvgIpc) is 3.14. The molecule has 0 aliphatic rings. The molecule has 0 saturated heterocycles. The number of amides is 1. The lowest BCUT2D eigenvalue weighted by Gasteiger charge is -2.05. The van der Waals surface area contributed by atoms with Crippen molar-refractivity contribution >= 4 is 43.6 Å². The summed E-state index contributed by atoms with van der Waals surface area (Å²) in [5.41, 5.74) is 2.20. The van der Waals surface area contributed by atoms with Gasteiger partial charge in [-0.2, -0.15) is 0 Å². The van der Waals surface area contributed by atoms with E-state index in [2.05, 4.69) is 10.3 Å². The van der Waals surface area contributed by atoms with E-state index in [0.29, 0.717) is 37.6 Å². The molecule has 0 bridgehead atoms. The van der Waals surface area contributed by atoms with Gasteiger partial charge in [0, 0.05) is 10.9 Å². The molecule has 30 heavy (non-hydrogen) atoms. The summed E-state index contributed by atoms with van der Waals surface area (Å²) in [5.74, 6) is -0.690. The van der Waals surface area contributed by atoms with Gasteiger partial charge in [-0.25, -0.2) is 14.2 Å². The number of anilines is 1. The summed E-state index contributed by atoms with van der Waals surface area (Å²) in [6.45, 7) is 0. The number of fused-ring (bicyclic) bond motifs is 2. The Morgan fingerprint density at radius 1 is 1.00 bits per heavy atom. The number of hydrogen-bond donors (Lipinski definition) is 1. The van der Waals surface area contributed by atoms with Crippen LogP contribution in [-0.4, -0.2) is 10.9 Å². The van der Waals surface area contributed by atoms with E-state index in [1.165, 1.54) is 23.5 Å². The first-order chi connectivity index (χ1) is 14.6. The second-order valence-corrected chi connectivity index (χ2v) is 7.68. The molecule has 3 aromatic carbocycles. The lowest BCUT2D eigenvalue weighted by Crippen LogP contribution is -2.11. The van der Waals surface area contributed by atoms with Gasteiger partial charge in [0.15, 0.2) is 5.13 Å². The van der Waals surface area contributed by atoms with Gasteiger partial charge in [0.2, 0.25) is 0 Å². The molecule has 7 heteroatoms. The lowest BCUT2D eigenvalue weighted by atomic mass is 10.0. The standard InChI is InChI=1S/C23H13FN2O3S/c24-16-9-10-18-20(12-16)30-23(25-18)26-21(27)14-7-5-13(6-8-14)17-11-15-3-1-2-4-19(15)29-22(17)28/h1-12H,(H,25,26,27). The van der Waals surface area contributed by atoms with Crippen LogP contribution in [0, 0.1) is 5.82 Å². The molecule has 5 aromatic rings. The summed E-state index contributed by atoms with van der Waals surface area (Å²) in [7, 11) is 0. The van der Waals surface area contributed by atoms with Crippen molar-refractivity contribution < 1.29 is 13.6 Å². The van der Waals surface area contributed by atoms with E-state index in [1.807, 2.05) is 12.1 Å². The Morgan fingerprint density at radius 3 is 2.63 bits per heavy atom. The summed E-state index contributed by atoms with van der Waals surface area (Å²) in [5, 5.41) is 3.94. The van der Waals surface area contributed by atoms with Crippen LogP contribution < -0.4 is 10.9 Å². The van der Waals surface area contributed by atoms with Gasteiger partial charge in [-0.05, 0) is 48.0 Å². The first-order valence-corrected chi connectivity index (χ1v) is 9.89. The van der Waals surface area contributed by atoms with E-state index in [9.17, 15) is 14.0 Å². The number of hydrogen-bond acceptors (Lipinski definition) is 5. The molecule has 0 saturated carbocycles. The van der Waals surface area contributed by atoms with E-state index < -0.39 is 5.63 Å². The summed E-state index contributed by atoms with van der Waals surface area (Å²) in [6.07, 6.45) is 0. The van der Waals surface area contributed by atoms with Gasteiger partial charge in [-0.3, -0.25) is 10.1 Å². The molecule has 0 unspecified atom stereocenters. The van der Waals surface area contributed by atoms with Crippen LogP contribution in [0.3, 0.4) is 0 Å². The van der Waals surface area contributed by atoms with Gasteiger partial charge >= 0.3 is 5.63 Å². The maximum absolute atomic E-state index is 13.3. The van der Waals surface area contributed by atoms with Crippen LogP contribution in [-0.2, 0) is 0 Å². The number of benzene rings is 3. The van der Waals surface area contributed by atoms with Gasteiger partial charge in [0.1, 0.15) is 11.4 Å². The molecule has 0 fully saturated rings. The quantitative estimate of drug-likeness (QED) is 0.396. The van der Waals surface area contributed by atoms with Crippen molar-refractivity contribution in [1.29, 1.82) is 0 Å². The highest BCUT2D eigenvalue weighted by atomic mass is 32.1. The molecule has 2 heterocycles. The fraction of sp³-hybridized carbons (Fsp3) is 0. The molecule has 0 aliphatic heterocycles. The molecule has 2 aromatic heterocycles. The first-order valence-electron chi connectivity index (χ1n) is 9.08. The Morgan fingerprint density at radius 2 is 1.80 bits per heavy atom. The number of para-hydroxylation sites is 1. The Labute approximate surface area is 173 Å². The Kier molecular flexibility index (Phi) is 4.37. The van der Waals surface area contributed by atoms with Crippen molar-refractivity contribution in [2.24, 2.45) is 0 Å². The van der Waals surface area contributed by atoms with Crippen LogP contribution in [0.2, 0.25) is 0 Å². The first kappa shape index (κ1) is 18.2. The average molecular weight is 416 g/mol. The number of carbonyl (C=O) groups excluding carboxylic acids is 1. The van der Waals surface area contributed by atoms with Crippen LogP contribution in [0.25, 0.3) is 32.3 Å². The van der Waals surface area contributed by atoms with Crippen LogP contribution in [0.5, 0.6) is 0 Å². The van der Waals surface area contributed by atoms with Gasteiger partial charge in [-0.1, -0.05) is 41.7 Å². The van der Waals surface area contributed by atoms with E-state index in [-0.39, 0.29) is 11.7 Å². The van der Waals surface area contributed by atoms with E-state index in [4.69, 9.17) is 4.42 Å². The van der Waals surface area contributed by atoms with Gasteiger partial charge < -0.3 is 4.42 Å². The maximum Gasteiger partial charge on any atom is 0.344 e. The van der Waals surface area contributed by atoms with Gasteiger partial charge in [0.25, 0.3) is 5.91 Å². The SMILES string of the molecule is O=C(Nc1nc2ccc(F)cc2s1)c1ccc(-c2cc3ccccc3oc2=O)cc1. The predicted molar refractivity (Wildman–Crippen MR) is 115 cm³/mol. The van der Waals surface area contributed by atoms with E-state index >= 15 is 0 Å². The smallest absolute Gasteiger partial charge is 0.344 e. The van der Waals surface area contributed by atoms with Gasteiger partial charge in [0.05, 0.1) is 15.8 Å². The molecular formula is C23H13FN2O3S. The largest absolute Gasteiger partial charge is 0.422 e. The second-order valence-electron chi connectivity index (χ2n) is 6.65. The molecule has 5 rings (SSSR count). The fourth-order valence-corrected chi connectivity index (χ4v) is 4.07. The van der Waals surface area contributed by atoms with Crippen molar-refractivity contribution in [3.63, 3.8) is 0 Å². The van der Waals surface area contributed by atoms with Crippen molar-refractivity contribution in [3.05, 3.63) is 94.6 Å². The minimum Gasteiger partial charge on any atom is -0.422 e. The van der Waals surface area contributed by atoms with Crippen LogP contribution in [0.1, 0.15) is 10.4 Å². The third kappa shape index (κ3) is 3.35. The minimum absolute atomic E-state index is 0.341. The van der Waals surface area contributed by atoms with Crippen LogP contribution in [0.15, 0.2) is 82.0 Å². The molecule has 1 amide bonds. The number of halogens is 1. The highest BCUT2D eigenvalue weighted by Crippen LogP contribution is 2.27. The second kappa shape index (κ2) is 7.20. The van der Waals surface area contributed by atoms with Crippen molar-refractivity contribution in [2.45, 2.75) is 0 Å². The van der Waals surface area contributed by atoms with E-state index in [0.717, 1.165) is 5.39 Å². The zero-order valence-electron chi connectivity index (χ0n) is 15.4. The molecular weight excluding hydrogens is 403 g/mol. The molecule has 0 spiro atoms. The van der Waals surface area contributed by atoms with E-state index in [1.54, 1.807) is 48.5 Å². The third-order valence-corrected chi connectivity index (χ3v) is 5.60. The summed E-state index contributed by atoms with van der Waals surface area (Å²) >= 11 is 1.20. The lowest BCUT2D eigenvalue weighted by molar-refractivity contribution is 0.102. The number of aromatic nitrogens is 1. The third-order valence-electron chi connectivity index (χ3n) is 4.67. The number of thiazole rings is 1. The fourth-order valence-electron chi connectivity index (χ4n) is 3.19. The summed E-state index contributed by atoms with van der Waals surface area (Å²) in [6, 6.07) is 20.0. The van der Waals surface area contributed by atoms with Crippen LogP contribution >= 0.6 is 11.3 Å². The monoisotopic (exact) mass is 416 g/mol. The maximum atomic E-state index is 13.3. The molecule has 0 radical (unpaired) electrons. The van der Waals surface area contributed by atoms with Crippen molar-refractivity contribution in [2.75, 3.05) is 5.32 Å². The summed E-state index contributed by atoms with van der Waals surface area (Å²) in [4.78, 5) is 29.2. The molecule has 146 valence electrons. The predicted octanol–water partition coefficient (Wildman–Crippen LogP) is 5.46. The molecule has 0 aliphatic carbocycles. The molecule has 5 nitrogen and oxygen atoms in total. The Bertz CT molecular complexity index is 1470. The highest BCUT2D eigenvalue weighted by molar-refractivity contribution is 7.22. The molecule has 0 atom stereocenters. The van der Waals surface area contributed by atoms with Crippen molar-refractivity contribution in [3.8, 4) is 11.1 Å². The van der Waals surface area contributed by atoms with Gasteiger partial charge in [-0.15, -0.1) is 0 Å². The number of nitrogens with one attached hydrogen (secondary N) is 1. The Hall–Kier alpha value is -3.84. The molecule has 1 N–H and O–H groups in total. The minimum atomic E-state index is -0.437.